The molecule has 0 radical (unpaired) electrons. The summed E-state index contributed by atoms with van der Waals surface area (Å²) in [4.78, 5) is 23.7. The van der Waals surface area contributed by atoms with Gasteiger partial charge in [-0.15, -0.1) is 0 Å². The maximum Gasteiger partial charge on any atom is 0.319 e. The van der Waals surface area contributed by atoms with Gasteiger partial charge in [0.25, 0.3) is 0 Å². The average Bonchev–Trinajstić information content (AvgIpc) is 3.26. The van der Waals surface area contributed by atoms with E-state index in [2.05, 4.69) is 16.0 Å². The Morgan fingerprint density at radius 2 is 1.93 bits per heavy atom. The molecule has 0 aliphatic carbocycles. The third-order valence-electron chi connectivity index (χ3n) is 5.19. The van der Waals surface area contributed by atoms with Crippen molar-refractivity contribution in [2.75, 3.05) is 5.32 Å². The van der Waals surface area contributed by atoms with Gasteiger partial charge in [0, 0.05) is 23.1 Å². The lowest BCUT2D eigenvalue weighted by atomic mass is 10.1. The molecule has 6 nitrogen and oxygen atoms in total. The van der Waals surface area contributed by atoms with Crippen LogP contribution in [0.5, 0.6) is 0 Å². The van der Waals surface area contributed by atoms with Gasteiger partial charge in [0.05, 0.1) is 12.1 Å². The molecule has 6 heteroatoms. The smallest absolute Gasteiger partial charge is 0.319 e. The van der Waals surface area contributed by atoms with Crippen LogP contribution < -0.4 is 16.0 Å². The molecule has 4 rings (SSSR count). The number of rotatable bonds is 4. The zero-order chi connectivity index (χ0) is 19.7. The van der Waals surface area contributed by atoms with E-state index in [0.29, 0.717) is 12.1 Å². The minimum absolute atomic E-state index is 0.0615. The SMILES string of the molecule is Cc1c(C(C)NC(=O)Nc2ccc(C3CCC(=O)N3)cc2)oc2ccccc12. The topological polar surface area (TPSA) is 83.4 Å². The lowest BCUT2D eigenvalue weighted by Gasteiger charge is -2.15. The van der Waals surface area contributed by atoms with Gasteiger partial charge in [-0.2, -0.15) is 0 Å². The summed E-state index contributed by atoms with van der Waals surface area (Å²) in [5, 5.41) is 9.76. The van der Waals surface area contributed by atoms with Crippen LogP contribution in [0.25, 0.3) is 11.0 Å². The summed E-state index contributed by atoms with van der Waals surface area (Å²) in [5.41, 5.74) is 3.59. The molecule has 144 valence electrons. The Hall–Kier alpha value is -3.28. The van der Waals surface area contributed by atoms with Gasteiger partial charge in [-0.1, -0.05) is 30.3 Å². The fourth-order valence-corrected chi connectivity index (χ4v) is 3.70. The number of hydrogen-bond acceptors (Lipinski definition) is 3. The highest BCUT2D eigenvalue weighted by Crippen LogP contribution is 2.29. The maximum atomic E-state index is 12.4. The van der Waals surface area contributed by atoms with Crippen LogP contribution >= 0.6 is 0 Å². The molecule has 1 aliphatic rings. The van der Waals surface area contributed by atoms with Gasteiger partial charge in [0.15, 0.2) is 0 Å². The van der Waals surface area contributed by atoms with Crippen molar-refractivity contribution in [1.29, 1.82) is 0 Å². The molecule has 0 bridgehead atoms. The number of amides is 3. The first-order valence-electron chi connectivity index (χ1n) is 9.46. The van der Waals surface area contributed by atoms with Gasteiger partial charge in [0.2, 0.25) is 5.91 Å². The molecule has 2 heterocycles. The van der Waals surface area contributed by atoms with Crippen LogP contribution in [0, 0.1) is 6.92 Å². The lowest BCUT2D eigenvalue weighted by molar-refractivity contribution is -0.119. The molecule has 0 spiro atoms. The van der Waals surface area contributed by atoms with Crippen LogP contribution in [0.3, 0.4) is 0 Å². The minimum atomic E-state index is -0.297. The monoisotopic (exact) mass is 377 g/mol. The first-order valence-corrected chi connectivity index (χ1v) is 9.46. The summed E-state index contributed by atoms with van der Waals surface area (Å²) in [5.74, 6) is 0.838. The highest BCUT2D eigenvalue weighted by Gasteiger charge is 2.22. The molecular weight excluding hydrogens is 354 g/mol. The Labute approximate surface area is 163 Å². The summed E-state index contributed by atoms with van der Waals surface area (Å²) in [6.45, 7) is 3.90. The number of nitrogens with one attached hydrogen (secondary N) is 3. The first-order chi connectivity index (χ1) is 13.5. The number of furan rings is 1. The van der Waals surface area contributed by atoms with Crippen molar-refractivity contribution in [1.82, 2.24) is 10.6 Å². The highest BCUT2D eigenvalue weighted by atomic mass is 16.3. The number of aryl methyl sites for hydroxylation is 1. The van der Waals surface area contributed by atoms with Crippen molar-refractivity contribution in [2.24, 2.45) is 0 Å². The summed E-state index contributed by atoms with van der Waals surface area (Å²) < 4.78 is 5.92. The molecule has 2 atom stereocenters. The Morgan fingerprint density at radius 3 is 2.61 bits per heavy atom. The third-order valence-corrected chi connectivity index (χ3v) is 5.19. The molecule has 3 N–H and O–H groups in total. The Kier molecular flexibility index (Phi) is 4.77. The molecule has 1 fully saturated rings. The number of urea groups is 1. The summed E-state index contributed by atoms with van der Waals surface area (Å²) >= 11 is 0. The molecule has 3 amide bonds. The second-order valence-corrected chi connectivity index (χ2v) is 7.19. The van der Waals surface area contributed by atoms with Crippen molar-refractivity contribution in [2.45, 2.75) is 38.8 Å². The second kappa shape index (κ2) is 7.38. The van der Waals surface area contributed by atoms with Crippen LogP contribution in [-0.2, 0) is 4.79 Å². The van der Waals surface area contributed by atoms with Crippen LogP contribution in [-0.4, -0.2) is 11.9 Å². The van der Waals surface area contributed by atoms with E-state index < -0.39 is 0 Å². The van der Waals surface area contributed by atoms with Gasteiger partial charge in [-0.05, 0) is 44.0 Å². The minimum Gasteiger partial charge on any atom is -0.459 e. The molecule has 1 aromatic heterocycles. The number of fused-ring (bicyclic) bond motifs is 1. The predicted molar refractivity (Wildman–Crippen MR) is 108 cm³/mol. The first kappa shape index (κ1) is 18.1. The molecule has 3 aromatic rings. The zero-order valence-electron chi connectivity index (χ0n) is 15.9. The van der Waals surface area contributed by atoms with Crippen molar-refractivity contribution in [3.05, 3.63) is 65.4 Å². The summed E-state index contributed by atoms with van der Waals surface area (Å²) in [7, 11) is 0. The quantitative estimate of drug-likeness (QED) is 0.622. The molecule has 0 saturated carbocycles. The van der Waals surface area contributed by atoms with E-state index in [-0.39, 0.29) is 24.0 Å². The fraction of sp³-hybridized carbons (Fsp3) is 0.273. The van der Waals surface area contributed by atoms with Crippen LogP contribution in [0.15, 0.2) is 52.9 Å². The maximum absolute atomic E-state index is 12.4. The van der Waals surface area contributed by atoms with Gasteiger partial charge in [-0.25, -0.2) is 4.79 Å². The van der Waals surface area contributed by atoms with Gasteiger partial charge in [-0.3, -0.25) is 4.79 Å². The normalized spacial score (nSPS) is 17.4. The van der Waals surface area contributed by atoms with E-state index in [1.807, 2.05) is 62.4 Å². The van der Waals surface area contributed by atoms with Crippen molar-refractivity contribution < 1.29 is 14.0 Å². The molecule has 2 aromatic carbocycles. The third kappa shape index (κ3) is 3.58. The van der Waals surface area contributed by atoms with E-state index in [1.165, 1.54) is 0 Å². The van der Waals surface area contributed by atoms with Crippen molar-refractivity contribution in [3.8, 4) is 0 Å². The summed E-state index contributed by atoms with van der Waals surface area (Å²) in [6.07, 6.45) is 1.37. The van der Waals surface area contributed by atoms with Gasteiger partial charge < -0.3 is 20.4 Å². The highest BCUT2D eigenvalue weighted by molar-refractivity contribution is 5.90. The van der Waals surface area contributed by atoms with Crippen molar-refractivity contribution in [3.63, 3.8) is 0 Å². The summed E-state index contributed by atoms with van der Waals surface area (Å²) in [6, 6.07) is 14.9. The Bertz CT molecular complexity index is 1020. The number of carbonyl (C=O) groups is 2. The second-order valence-electron chi connectivity index (χ2n) is 7.19. The average molecular weight is 377 g/mol. The molecular formula is C22H23N3O3. The van der Waals surface area contributed by atoms with Gasteiger partial charge in [0.1, 0.15) is 11.3 Å². The van der Waals surface area contributed by atoms with E-state index in [9.17, 15) is 9.59 Å². The Balaban J connectivity index is 1.39. The van der Waals surface area contributed by atoms with Gasteiger partial charge >= 0.3 is 6.03 Å². The zero-order valence-corrected chi connectivity index (χ0v) is 15.9. The molecule has 2 unspecified atom stereocenters. The lowest BCUT2D eigenvalue weighted by Crippen LogP contribution is -2.31. The van der Waals surface area contributed by atoms with Crippen molar-refractivity contribution >= 4 is 28.6 Å². The number of para-hydroxylation sites is 1. The Morgan fingerprint density at radius 1 is 1.18 bits per heavy atom. The van der Waals surface area contributed by atoms with Crippen LogP contribution in [0.4, 0.5) is 10.5 Å². The number of carbonyl (C=O) groups excluding carboxylic acids is 2. The number of anilines is 1. The van der Waals surface area contributed by atoms with Crippen LogP contribution in [0.1, 0.15) is 48.7 Å². The van der Waals surface area contributed by atoms with E-state index >= 15 is 0 Å². The predicted octanol–water partition coefficient (Wildman–Crippen LogP) is 4.58. The molecule has 1 saturated heterocycles. The van der Waals surface area contributed by atoms with Crippen LogP contribution in [0.2, 0.25) is 0 Å². The number of benzene rings is 2. The fourth-order valence-electron chi connectivity index (χ4n) is 3.70. The largest absolute Gasteiger partial charge is 0.459 e. The van der Waals surface area contributed by atoms with E-state index in [0.717, 1.165) is 34.3 Å². The number of hydrogen-bond donors (Lipinski definition) is 3. The van der Waals surface area contributed by atoms with E-state index in [4.69, 9.17) is 4.42 Å². The van der Waals surface area contributed by atoms with E-state index in [1.54, 1.807) is 0 Å². The molecule has 1 aliphatic heterocycles. The molecule has 28 heavy (non-hydrogen) atoms. The standard InChI is InChI=1S/C22H23N3O3/c1-13-17-5-3-4-6-19(17)28-21(13)14(2)23-22(27)24-16-9-7-15(8-10-16)18-11-12-20(26)25-18/h3-10,14,18H,11-12H2,1-2H3,(H,25,26)(H2,23,24,27).